The molecular formula is C13H10F3NO. The Morgan fingerprint density at radius 2 is 1.83 bits per heavy atom. The second-order valence-corrected chi connectivity index (χ2v) is 3.91. The van der Waals surface area contributed by atoms with Crippen molar-refractivity contribution >= 4 is 0 Å². The van der Waals surface area contributed by atoms with E-state index in [-0.39, 0.29) is 11.2 Å². The largest absolute Gasteiger partial charge is 0.416 e. The molecule has 0 saturated carbocycles. The third kappa shape index (κ3) is 2.30. The van der Waals surface area contributed by atoms with Crippen LogP contribution in [0, 0.1) is 6.92 Å². The smallest absolute Gasteiger partial charge is 0.284 e. The van der Waals surface area contributed by atoms with Crippen molar-refractivity contribution in [3.05, 3.63) is 64.1 Å². The number of hydrogen-bond acceptors (Lipinski definition) is 1. The van der Waals surface area contributed by atoms with Gasteiger partial charge in [0.15, 0.2) is 0 Å². The molecule has 0 bridgehead atoms. The zero-order chi connectivity index (χ0) is 13.3. The molecule has 2 aromatic rings. The van der Waals surface area contributed by atoms with E-state index in [0.717, 1.165) is 12.1 Å². The van der Waals surface area contributed by atoms with Gasteiger partial charge in [-0.15, -0.1) is 0 Å². The van der Waals surface area contributed by atoms with Gasteiger partial charge in [-0.2, -0.15) is 13.2 Å². The topological polar surface area (TPSA) is 22.0 Å². The number of pyridine rings is 1. The molecule has 18 heavy (non-hydrogen) atoms. The van der Waals surface area contributed by atoms with Crippen LogP contribution in [-0.2, 0) is 6.18 Å². The van der Waals surface area contributed by atoms with Crippen LogP contribution in [0.15, 0.2) is 47.4 Å². The molecule has 0 N–H and O–H groups in total. The van der Waals surface area contributed by atoms with Crippen LogP contribution in [0.5, 0.6) is 0 Å². The first-order valence-corrected chi connectivity index (χ1v) is 5.25. The van der Waals surface area contributed by atoms with Crippen molar-refractivity contribution < 1.29 is 13.2 Å². The minimum Gasteiger partial charge on any atom is -0.284 e. The van der Waals surface area contributed by atoms with E-state index >= 15 is 0 Å². The van der Waals surface area contributed by atoms with Crippen LogP contribution in [0.4, 0.5) is 13.2 Å². The van der Waals surface area contributed by atoms with Gasteiger partial charge in [-0.3, -0.25) is 9.36 Å². The van der Waals surface area contributed by atoms with Gasteiger partial charge in [-0.1, -0.05) is 12.1 Å². The summed E-state index contributed by atoms with van der Waals surface area (Å²) in [7, 11) is 0. The fourth-order valence-electron chi connectivity index (χ4n) is 1.64. The van der Waals surface area contributed by atoms with E-state index in [1.165, 1.54) is 22.9 Å². The van der Waals surface area contributed by atoms with E-state index in [1.807, 2.05) is 0 Å². The first-order valence-electron chi connectivity index (χ1n) is 5.25. The number of aromatic nitrogens is 1. The summed E-state index contributed by atoms with van der Waals surface area (Å²) in [6.07, 6.45) is -2.96. The lowest BCUT2D eigenvalue weighted by Crippen LogP contribution is -2.19. The first kappa shape index (κ1) is 12.4. The lowest BCUT2D eigenvalue weighted by Gasteiger charge is -2.10. The van der Waals surface area contributed by atoms with Crippen LogP contribution in [0.25, 0.3) is 5.69 Å². The van der Waals surface area contributed by atoms with E-state index in [0.29, 0.717) is 5.56 Å². The van der Waals surface area contributed by atoms with Crippen LogP contribution in [-0.4, -0.2) is 4.57 Å². The molecule has 0 unspecified atom stereocenters. The van der Waals surface area contributed by atoms with Crippen LogP contribution < -0.4 is 5.56 Å². The highest BCUT2D eigenvalue weighted by Crippen LogP contribution is 2.30. The van der Waals surface area contributed by atoms with E-state index in [4.69, 9.17) is 0 Å². The molecule has 0 aliphatic carbocycles. The fourth-order valence-corrected chi connectivity index (χ4v) is 1.64. The Balaban J connectivity index is 2.59. The number of halogens is 3. The van der Waals surface area contributed by atoms with Crippen LogP contribution >= 0.6 is 0 Å². The highest BCUT2D eigenvalue weighted by molar-refractivity contribution is 5.37. The lowest BCUT2D eigenvalue weighted by molar-refractivity contribution is -0.137. The van der Waals surface area contributed by atoms with Gasteiger partial charge in [-0.05, 0) is 31.2 Å². The van der Waals surface area contributed by atoms with E-state index < -0.39 is 11.7 Å². The number of aryl methyl sites for hydroxylation is 1. The summed E-state index contributed by atoms with van der Waals surface area (Å²) in [4.78, 5) is 11.8. The molecule has 94 valence electrons. The number of benzene rings is 1. The SMILES string of the molecule is Cc1cccn(-c2cccc(C(F)(F)F)c2)c1=O. The summed E-state index contributed by atoms with van der Waals surface area (Å²) >= 11 is 0. The molecule has 1 aromatic heterocycles. The molecule has 0 aliphatic rings. The maximum Gasteiger partial charge on any atom is 0.416 e. The molecule has 0 radical (unpaired) electrons. The van der Waals surface area contributed by atoms with Crippen molar-refractivity contribution in [2.75, 3.05) is 0 Å². The average molecular weight is 253 g/mol. The second-order valence-electron chi connectivity index (χ2n) is 3.91. The van der Waals surface area contributed by atoms with E-state index in [9.17, 15) is 18.0 Å². The molecule has 2 nitrogen and oxygen atoms in total. The molecule has 0 aliphatic heterocycles. The van der Waals surface area contributed by atoms with Gasteiger partial charge in [0, 0.05) is 17.4 Å². The highest BCUT2D eigenvalue weighted by atomic mass is 19.4. The van der Waals surface area contributed by atoms with Crippen molar-refractivity contribution in [1.82, 2.24) is 4.57 Å². The predicted octanol–water partition coefficient (Wildman–Crippen LogP) is 3.16. The van der Waals surface area contributed by atoms with Gasteiger partial charge in [0.05, 0.1) is 5.56 Å². The minimum atomic E-state index is -4.41. The maximum absolute atomic E-state index is 12.6. The summed E-state index contributed by atoms with van der Waals surface area (Å²) in [6, 6.07) is 7.93. The van der Waals surface area contributed by atoms with E-state index in [1.54, 1.807) is 19.1 Å². The Morgan fingerprint density at radius 1 is 1.11 bits per heavy atom. The normalized spacial score (nSPS) is 11.6. The number of nitrogens with zero attached hydrogens (tertiary/aromatic N) is 1. The molecule has 1 aromatic carbocycles. The third-order valence-corrected chi connectivity index (χ3v) is 2.59. The van der Waals surface area contributed by atoms with Crippen LogP contribution in [0.2, 0.25) is 0 Å². The summed E-state index contributed by atoms with van der Waals surface area (Å²) in [5.41, 5.74) is -0.404. The van der Waals surface area contributed by atoms with Gasteiger partial charge >= 0.3 is 6.18 Å². The molecule has 1 heterocycles. The van der Waals surface area contributed by atoms with Gasteiger partial charge in [0.1, 0.15) is 0 Å². The first-order chi connectivity index (χ1) is 8.39. The van der Waals surface area contributed by atoms with Crippen LogP contribution in [0.1, 0.15) is 11.1 Å². The molecule has 0 spiro atoms. The zero-order valence-corrected chi connectivity index (χ0v) is 9.53. The highest BCUT2D eigenvalue weighted by Gasteiger charge is 2.30. The summed E-state index contributed by atoms with van der Waals surface area (Å²) < 4.78 is 38.9. The van der Waals surface area contributed by atoms with Crippen molar-refractivity contribution in [3.8, 4) is 5.69 Å². The van der Waals surface area contributed by atoms with E-state index in [2.05, 4.69) is 0 Å². The molecular weight excluding hydrogens is 243 g/mol. The number of rotatable bonds is 1. The minimum absolute atomic E-state index is 0.207. The van der Waals surface area contributed by atoms with Crippen LogP contribution in [0.3, 0.4) is 0 Å². The fraction of sp³-hybridized carbons (Fsp3) is 0.154. The Labute approximate surface area is 101 Å². The number of alkyl halides is 3. The standard InChI is InChI=1S/C13H10F3NO/c1-9-4-3-7-17(12(9)18)11-6-2-5-10(8-11)13(14,15)16/h2-8H,1H3. The summed E-state index contributed by atoms with van der Waals surface area (Å²) in [5, 5.41) is 0. The molecule has 0 amide bonds. The Hall–Kier alpha value is -2.04. The Kier molecular flexibility index (Phi) is 2.98. The second kappa shape index (κ2) is 4.33. The van der Waals surface area contributed by atoms with Crippen molar-refractivity contribution in [3.63, 3.8) is 0 Å². The average Bonchev–Trinajstić information content (AvgIpc) is 2.32. The van der Waals surface area contributed by atoms with Crippen molar-refractivity contribution in [1.29, 1.82) is 0 Å². The van der Waals surface area contributed by atoms with Crippen molar-refractivity contribution in [2.45, 2.75) is 13.1 Å². The molecule has 5 heteroatoms. The molecule has 2 rings (SSSR count). The zero-order valence-electron chi connectivity index (χ0n) is 9.53. The third-order valence-electron chi connectivity index (χ3n) is 2.59. The quantitative estimate of drug-likeness (QED) is 0.765. The number of hydrogen-bond donors (Lipinski definition) is 0. The monoisotopic (exact) mass is 253 g/mol. The maximum atomic E-state index is 12.6. The Bertz CT molecular complexity index is 629. The summed E-state index contributed by atoms with van der Waals surface area (Å²) in [6.45, 7) is 1.62. The van der Waals surface area contributed by atoms with Crippen molar-refractivity contribution in [2.24, 2.45) is 0 Å². The molecule has 0 saturated heterocycles. The van der Waals surface area contributed by atoms with Gasteiger partial charge in [0.25, 0.3) is 5.56 Å². The van der Waals surface area contributed by atoms with Gasteiger partial charge in [-0.25, -0.2) is 0 Å². The van der Waals surface area contributed by atoms with Gasteiger partial charge < -0.3 is 0 Å². The summed E-state index contributed by atoms with van der Waals surface area (Å²) in [5.74, 6) is 0. The molecule has 0 atom stereocenters. The molecule has 0 fully saturated rings. The lowest BCUT2D eigenvalue weighted by atomic mass is 10.2. The predicted molar refractivity (Wildman–Crippen MR) is 61.8 cm³/mol. The van der Waals surface area contributed by atoms with Gasteiger partial charge in [0.2, 0.25) is 0 Å². The Morgan fingerprint density at radius 3 is 2.50 bits per heavy atom.